The molecule has 1 aliphatic rings. The molecule has 1 aliphatic heterocycles. The molecule has 96 valence electrons. The van der Waals surface area contributed by atoms with Gasteiger partial charge in [0.1, 0.15) is 0 Å². The number of ether oxygens (including phenoxy) is 1. The maximum absolute atomic E-state index is 9.22. The van der Waals surface area contributed by atoms with Gasteiger partial charge in [0.25, 0.3) is 0 Å². The molecule has 0 aromatic rings. The van der Waals surface area contributed by atoms with Crippen LogP contribution in [0.2, 0.25) is 0 Å². The summed E-state index contributed by atoms with van der Waals surface area (Å²) < 4.78 is 5.33. The van der Waals surface area contributed by atoms with Crippen LogP contribution >= 0.6 is 0 Å². The minimum Gasteiger partial charge on any atom is -0.395 e. The van der Waals surface area contributed by atoms with Crippen LogP contribution in [0, 0.1) is 0 Å². The van der Waals surface area contributed by atoms with Crippen LogP contribution in [0.3, 0.4) is 0 Å². The highest BCUT2D eigenvalue weighted by molar-refractivity contribution is 4.77. The molecule has 2 N–H and O–H groups in total. The quantitative estimate of drug-likeness (QED) is 0.636. The molecular weight excluding hydrogens is 204 g/mol. The lowest BCUT2D eigenvalue weighted by molar-refractivity contribution is 0.107. The van der Waals surface area contributed by atoms with Crippen LogP contribution in [0.4, 0.5) is 0 Å². The van der Waals surface area contributed by atoms with E-state index >= 15 is 0 Å². The number of hydrogen-bond acceptors (Lipinski definition) is 4. The zero-order valence-electron chi connectivity index (χ0n) is 10.6. The summed E-state index contributed by atoms with van der Waals surface area (Å²) in [6.45, 7) is 6.60. The summed E-state index contributed by atoms with van der Waals surface area (Å²) in [4.78, 5) is 2.42. The van der Waals surface area contributed by atoms with Gasteiger partial charge in [0.15, 0.2) is 0 Å². The molecule has 0 aliphatic carbocycles. The van der Waals surface area contributed by atoms with Crippen LogP contribution in [0.5, 0.6) is 0 Å². The number of methoxy groups -OCH3 is 1. The summed E-state index contributed by atoms with van der Waals surface area (Å²) in [6.07, 6.45) is 3.69. The van der Waals surface area contributed by atoms with E-state index in [2.05, 4.69) is 17.1 Å². The van der Waals surface area contributed by atoms with E-state index in [1.54, 1.807) is 7.11 Å². The molecule has 4 heteroatoms. The molecule has 0 aromatic carbocycles. The second-order valence-corrected chi connectivity index (χ2v) is 4.57. The molecule has 2 atom stereocenters. The first-order valence-corrected chi connectivity index (χ1v) is 6.39. The molecule has 0 radical (unpaired) electrons. The van der Waals surface area contributed by atoms with Crippen molar-refractivity contribution in [2.45, 2.75) is 38.3 Å². The van der Waals surface area contributed by atoms with Gasteiger partial charge in [0.2, 0.25) is 0 Å². The van der Waals surface area contributed by atoms with E-state index in [1.165, 1.54) is 0 Å². The fourth-order valence-electron chi connectivity index (χ4n) is 2.14. The van der Waals surface area contributed by atoms with E-state index in [4.69, 9.17) is 4.74 Å². The smallest absolute Gasteiger partial charge is 0.0710 e. The molecule has 4 nitrogen and oxygen atoms in total. The van der Waals surface area contributed by atoms with E-state index in [0.717, 1.165) is 45.4 Å². The van der Waals surface area contributed by atoms with Crippen LogP contribution in [-0.2, 0) is 4.74 Å². The second kappa shape index (κ2) is 8.01. The van der Waals surface area contributed by atoms with Gasteiger partial charge in [-0.2, -0.15) is 0 Å². The number of aliphatic hydroxyl groups is 1. The minimum atomic E-state index is 0.238. The van der Waals surface area contributed by atoms with Gasteiger partial charge in [0.05, 0.1) is 12.7 Å². The van der Waals surface area contributed by atoms with Crippen molar-refractivity contribution in [1.82, 2.24) is 10.2 Å². The predicted molar refractivity (Wildman–Crippen MR) is 65.6 cm³/mol. The van der Waals surface area contributed by atoms with Crippen molar-refractivity contribution in [3.05, 3.63) is 0 Å². The standard InChI is InChI=1S/C12H26N2O2/c1-3-6-13-11(10-15)4-7-14-8-5-12(9-14)16-2/h11-13,15H,3-10H2,1-2H3. The Kier molecular flexibility index (Phi) is 6.96. The summed E-state index contributed by atoms with van der Waals surface area (Å²) >= 11 is 0. The minimum absolute atomic E-state index is 0.238. The molecule has 16 heavy (non-hydrogen) atoms. The van der Waals surface area contributed by atoms with Crippen molar-refractivity contribution >= 4 is 0 Å². The SMILES string of the molecule is CCCNC(CO)CCN1CCC(OC)C1. The zero-order chi connectivity index (χ0) is 11.8. The summed E-state index contributed by atoms with van der Waals surface area (Å²) in [6, 6.07) is 0.251. The fourth-order valence-corrected chi connectivity index (χ4v) is 2.14. The highest BCUT2D eigenvalue weighted by Crippen LogP contribution is 2.12. The summed E-state index contributed by atoms with van der Waals surface area (Å²) in [7, 11) is 1.79. The van der Waals surface area contributed by atoms with Gasteiger partial charge >= 0.3 is 0 Å². The van der Waals surface area contributed by atoms with Crippen molar-refractivity contribution in [2.24, 2.45) is 0 Å². The first-order valence-electron chi connectivity index (χ1n) is 6.39. The molecule has 1 fully saturated rings. The average molecular weight is 230 g/mol. The number of rotatable bonds is 8. The van der Waals surface area contributed by atoms with Gasteiger partial charge in [-0.15, -0.1) is 0 Å². The van der Waals surface area contributed by atoms with Crippen molar-refractivity contribution in [1.29, 1.82) is 0 Å². The molecule has 1 rings (SSSR count). The Bertz CT molecular complexity index is 176. The highest BCUT2D eigenvalue weighted by Gasteiger charge is 2.22. The lowest BCUT2D eigenvalue weighted by Crippen LogP contribution is -2.37. The van der Waals surface area contributed by atoms with Crippen molar-refractivity contribution < 1.29 is 9.84 Å². The molecule has 0 spiro atoms. The summed E-state index contributed by atoms with van der Waals surface area (Å²) in [5, 5.41) is 12.6. The van der Waals surface area contributed by atoms with Gasteiger partial charge in [-0.1, -0.05) is 6.92 Å². The van der Waals surface area contributed by atoms with Crippen LogP contribution in [0.25, 0.3) is 0 Å². The predicted octanol–water partition coefficient (Wildman–Crippen LogP) is 0.458. The lowest BCUT2D eigenvalue weighted by Gasteiger charge is -2.20. The van der Waals surface area contributed by atoms with Gasteiger partial charge in [-0.25, -0.2) is 0 Å². The largest absolute Gasteiger partial charge is 0.395 e. The summed E-state index contributed by atoms with van der Waals surface area (Å²) in [5.74, 6) is 0. The number of hydrogen-bond donors (Lipinski definition) is 2. The fraction of sp³-hybridized carbons (Fsp3) is 1.00. The van der Waals surface area contributed by atoms with E-state index in [-0.39, 0.29) is 12.6 Å². The van der Waals surface area contributed by atoms with Gasteiger partial charge < -0.3 is 20.1 Å². The first-order chi connectivity index (χ1) is 7.80. The third-order valence-electron chi connectivity index (χ3n) is 3.26. The van der Waals surface area contributed by atoms with Crippen LogP contribution < -0.4 is 5.32 Å². The maximum atomic E-state index is 9.22. The third-order valence-corrected chi connectivity index (χ3v) is 3.26. The Labute approximate surface area is 99.0 Å². The second-order valence-electron chi connectivity index (χ2n) is 4.57. The van der Waals surface area contributed by atoms with E-state index < -0.39 is 0 Å². The molecule has 0 saturated carbocycles. The average Bonchev–Trinajstić information content (AvgIpc) is 2.77. The van der Waals surface area contributed by atoms with Gasteiger partial charge in [0, 0.05) is 26.2 Å². The molecule has 2 unspecified atom stereocenters. The van der Waals surface area contributed by atoms with Crippen LogP contribution in [-0.4, -0.2) is 62.0 Å². The van der Waals surface area contributed by atoms with Crippen LogP contribution in [0.1, 0.15) is 26.2 Å². The Hall–Kier alpha value is -0.160. The zero-order valence-corrected chi connectivity index (χ0v) is 10.6. The Morgan fingerprint density at radius 2 is 2.38 bits per heavy atom. The Morgan fingerprint density at radius 1 is 1.56 bits per heavy atom. The molecular formula is C12H26N2O2. The number of nitrogens with one attached hydrogen (secondary N) is 1. The first kappa shape index (κ1) is 13.9. The van der Waals surface area contributed by atoms with Gasteiger partial charge in [-0.3, -0.25) is 0 Å². The monoisotopic (exact) mass is 230 g/mol. The molecule has 0 bridgehead atoms. The van der Waals surface area contributed by atoms with Crippen LogP contribution in [0.15, 0.2) is 0 Å². The normalized spacial score (nSPS) is 23.8. The maximum Gasteiger partial charge on any atom is 0.0710 e. The molecule has 1 heterocycles. The number of aliphatic hydroxyl groups excluding tert-OH is 1. The van der Waals surface area contributed by atoms with E-state index in [9.17, 15) is 5.11 Å². The Balaban J connectivity index is 2.12. The van der Waals surface area contributed by atoms with Crippen molar-refractivity contribution in [3.8, 4) is 0 Å². The third kappa shape index (κ3) is 4.78. The molecule has 0 aromatic heterocycles. The lowest BCUT2D eigenvalue weighted by atomic mass is 10.2. The Morgan fingerprint density at radius 3 is 2.94 bits per heavy atom. The van der Waals surface area contributed by atoms with E-state index in [1.807, 2.05) is 0 Å². The van der Waals surface area contributed by atoms with Crippen molar-refractivity contribution in [3.63, 3.8) is 0 Å². The highest BCUT2D eigenvalue weighted by atomic mass is 16.5. The molecule has 1 saturated heterocycles. The molecule has 0 amide bonds. The van der Waals surface area contributed by atoms with Gasteiger partial charge in [-0.05, 0) is 32.4 Å². The summed E-state index contributed by atoms with van der Waals surface area (Å²) in [5.41, 5.74) is 0. The van der Waals surface area contributed by atoms with Crippen molar-refractivity contribution in [2.75, 3.05) is 39.9 Å². The number of likely N-dealkylation sites (tertiary alicyclic amines) is 1. The topological polar surface area (TPSA) is 44.7 Å². The number of nitrogens with zero attached hydrogens (tertiary/aromatic N) is 1. The van der Waals surface area contributed by atoms with E-state index in [0.29, 0.717) is 6.10 Å².